The second-order valence-electron chi connectivity index (χ2n) is 7.17. The molecular weight excluding hydrogens is 410 g/mol. The summed E-state index contributed by atoms with van der Waals surface area (Å²) in [6.45, 7) is 5.20. The van der Waals surface area contributed by atoms with Crippen molar-refractivity contribution >= 4 is 50.4 Å². The van der Waals surface area contributed by atoms with Crippen molar-refractivity contribution in [3.63, 3.8) is 0 Å². The van der Waals surface area contributed by atoms with Crippen LogP contribution in [-0.2, 0) is 10.5 Å². The zero-order valence-corrected chi connectivity index (χ0v) is 18.0. The van der Waals surface area contributed by atoms with Crippen LogP contribution in [0.1, 0.15) is 26.3 Å². The highest BCUT2D eigenvalue weighted by molar-refractivity contribution is 7.98. The smallest absolute Gasteiger partial charge is 0.325 e. The second kappa shape index (κ2) is 8.93. The number of rotatable bonds is 9. The number of hydrogen-bond donors (Lipinski definition) is 4. The van der Waals surface area contributed by atoms with Gasteiger partial charge in [0.05, 0.1) is 12.1 Å². The van der Waals surface area contributed by atoms with Gasteiger partial charge < -0.3 is 20.8 Å². The molecule has 29 heavy (non-hydrogen) atoms. The van der Waals surface area contributed by atoms with Crippen LogP contribution >= 0.6 is 23.1 Å². The summed E-state index contributed by atoms with van der Waals surface area (Å²) < 4.78 is 0.704. The Morgan fingerprint density at radius 1 is 1.24 bits per heavy atom. The third kappa shape index (κ3) is 5.55. The van der Waals surface area contributed by atoms with Crippen LogP contribution in [0.3, 0.4) is 0 Å². The first-order valence-corrected chi connectivity index (χ1v) is 10.8. The molecule has 154 valence electrons. The van der Waals surface area contributed by atoms with Gasteiger partial charge in [-0.15, -0.1) is 0 Å². The van der Waals surface area contributed by atoms with E-state index in [2.05, 4.69) is 25.6 Å². The number of carboxylic acid groups (broad SMARTS) is 1. The topological polar surface area (TPSA) is 120 Å². The summed E-state index contributed by atoms with van der Waals surface area (Å²) in [4.78, 5) is 24.7. The lowest BCUT2D eigenvalue weighted by atomic mass is 10.1. The molecule has 8 nitrogen and oxygen atoms in total. The summed E-state index contributed by atoms with van der Waals surface area (Å²) in [6.07, 6.45) is 0. The van der Waals surface area contributed by atoms with Gasteiger partial charge >= 0.3 is 5.97 Å². The number of thiazole rings is 1. The molecule has 0 saturated heterocycles. The molecule has 0 radical (unpaired) electrons. The number of benzene rings is 1. The molecule has 0 spiro atoms. The molecule has 4 N–H and O–H groups in total. The highest BCUT2D eigenvalue weighted by atomic mass is 32.2. The molecule has 0 aliphatic carbocycles. The number of nitrogens with one attached hydrogen (secondary N) is 2. The molecule has 0 fully saturated rings. The number of carbonyl (C=O) groups is 1. The monoisotopic (exact) mass is 433 g/mol. The molecule has 0 aliphatic rings. The Bertz CT molecular complexity index is 994. The Balaban J connectivity index is 1.93. The van der Waals surface area contributed by atoms with Gasteiger partial charge in [-0.05, 0) is 26.3 Å². The third-order valence-corrected chi connectivity index (χ3v) is 5.91. The molecule has 1 atom stereocenters. The highest BCUT2D eigenvalue weighted by Crippen LogP contribution is 2.34. The van der Waals surface area contributed by atoms with Crippen molar-refractivity contribution in [3.8, 4) is 0 Å². The van der Waals surface area contributed by atoms with E-state index in [-0.39, 0.29) is 6.61 Å². The number of aliphatic hydroxyl groups excluding tert-OH is 1. The van der Waals surface area contributed by atoms with Gasteiger partial charge in [-0.25, -0.2) is 9.97 Å². The number of aromatic nitrogens is 3. The van der Waals surface area contributed by atoms with Crippen molar-refractivity contribution < 1.29 is 15.0 Å². The molecule has 2 aromatic heterocycles. The molecule has 10 heteroatoms. The molecule has 0 bridgehead atoms. The fourth-order valence-electron chi connectivity index (χ4n) is 2.34. The largest absolute Gasteiger partial charge is 0.480 e. The Morgan fingerprint density at radius 2 is 1.97 bits per heavy atom. The maximum atomic E-state index is 11.1. The summed E-state index contributed by atoms with van der Waals surface area (Å²) in [6, 6.07) is 9.24. The quantitative estimate of drug-likeness (QED) is 0.297. The second-order valence-corrected chi connectivity index (χ2v) is 9.11. The fourth-order valence-corrected chi connectivity index (χ4v) is 4.08. The van der Waals surface area contributed by atoms with Crippen molar-refractivity contribution in [2.75, 3.05) is 17.2 Å². The standard InChI is InChI=1S/C19H23N5O3S2/c1-11(16(26)27)20-18-22-14-13(29-18)15(24-19(2,3)10-25)23-17(21-14)28-9-12-7-5-4-6-8-12/h4-8,11,25H,9-10H2,1-3H3,(H,26,27)(H2,20,21,22,23,24). The van der Waals surface area contributed by atoms with E-state index in [9.17, 15) is 9.90 Å². The number of aliphatic carboxylic acids is 1. The van der Waals surface area contributed by atoms with Gasteiger partial charge in [-0.2, -0.15) is 4.98 Å². The van der Waals surface area contributed by atoms with E-state index in [0.717, 1.165) is 5.56 Å². The molecule has 1 aromatic carbocycles. The van der Waals surface area contributed by atoms with Crippen LogP contribution in [0.2, 0.25) is 0 Å². The molecule has 1 unspecified atom stereocenters. The van der Waals surface area contributed by atoms with Gasteiger partial charge in [0.15, 0.2) is 21.8 Å². The lowest BCUT2D eigenvalue weighted by Crippen LogP contribution is -2.35. The van der Waals surface area contributed by atoms with Crippen molar-refractivity contribution in [1.82, 2.24) is 15.0 Å². The Hall–Kier alpha value is -2.43. The Morgan fingerprint density at radius 3 is 2.62 bits per heavy atom. The summed E-state index contributed by atoms with van der Waals surface area (Å²) in [5.41, 5.74) is 1.05. The van der Waals surface area contributed by atoms with Gasteiger partial charge in [0.1, 0.15) is 10.7 Å². The van der Waals surface area contributed by atoms with Crippen LogP contribution in [0, 0.1) is 0 Å². The van der Waals surface area contributed by atoms with Crippen LogP contribution in [0.5, 0.6) is 0 Å². The first-order chi connectivity index (χ1) is 13.8. The van der Waals surface area contributed by atoms with E-state index < -0.39 is 17.6 Å². The van der Waals surface area contributed by atoms with Crippen molar-refractivity contribution in [2.24, 2.45) is 0 Å². The Kier molecular flexibility index (Phi) is 6.56. The zero-order chi connectivity index (χ0) is 21.0. The predicted molar refractivity (Wildman–Crippen MR) is 117 cm³/mol. The number of hydrogen-bond acceptors (Lipinski definition) is 9. The summed E-state index contributed by atoms with van der Waals surface area (Å²) in [7, 11) is 0. The number of thioether (sulfide) groups is 1. The van der Waals surface area contributed by atoms with Crippen molar-refractivity contribution in [1.29, 1.82) is 0 Å². The predicted octanol–water partition coefficient (Wildman–Crippen LogP) is 3.45. The van der Waals surface area contributed by atoms with Gasteiger partial charge in [0.25, 0.3) is 0 Å². The fraction of sp³-hybridized carbons (Fsp3) is 0.368. The summed E-state index contributed by atoms with van der Waals surface area (Å²) >= 11 is 2.77. The lowest BCUT2D eigenvalue weighted by molar-refractivity contribution is -0.137. The average Bonchev–Trinajstić information content (AvgIpc) is 3.09. The number of anilines is 2. The molecule has 2 heterocycles. The molecule has 3 rings (SSSR count). The SMILES string of the molecule is CC(Nc1nc2nc(SCc3ccccc3)nc(NC(C)(C)CO)c2s1)C(=O)O. The number of aliphatic hydroxyl groups is 1. The zero-order valence-electron chi connectivity index (χ0n) is 16.3. The lowest BCUT2D eigenvalue weighted by Gasteiger charge is -2.24. The highest BCUT2D eigenvalue weighted by Gasteiger charge is 2.22. The van der Waals surface area contributed by atoms with Gasteiger partial charge in [0, 0.05) is 5.75 Å². The summed E-state index contributed by atoms with van der Waals surface area (Å²) in [5, 5.41) is 25.9. The van der Waals surface area contributed by atoms with E-state index in [1.165, 1.54) is 23.1 Å². The Labute approximate surface area is 176 Å². The van der Waals surface area contributed by atoms with E-state index in [1.54, 1.807) is 6.92 Å². The van der Waals surface area contributed by atoms with Gasteiger partial charge in [-0.3, -0.25) is 4.79 Å². The molecular formula is C19H23N5O3S2. The first-order valence-electron chi connectivity index (χ1n) is 9.01. The molecule has 0 aliphatic heterocycles. The van der Waals surface area contributed by atoms with Gasteiger partial charge in [0.2, 0.25) is 0 Å². The maximum Gasteiger partial charge on any atom is 0.325 e. The van der Waals surface area contributed by atoms with Crippen LogP contribution in [-0.4, -0.2) is 49.3 Å². The van der Waals surface area contributed by atoms with Crippen molar-refractivity contribution in [2.45, 2.75) is 43.3 Å². The van der Waals surface area contributed by atoms with Crippen LogP contribution in [0.4, 0.5) is 10.9 Å². The van der Waals surface area contributed by atoms with Crippen LogP contribution in [0.25, 0.3) is 10.3 Å². The molecule has 3 aromatic rings. The summed E-state index contributed by atoms with van der Waals surface area (Å²) in [5.74, 6) is 0.313. The minimum absolute atomic E-state index is 0.0784. The van der Waals surface area contributed by atoms with E-state index in [4.69, 9.17) is 5.11 Å². The number of carboxylic acids is 1. The normalized spacial score (nSPS) is 12.7. The van der Waals surface area contributed by atoms with Crippen molar-refractivity contribution in [3.05, 3.63) is 35.9 Å². The maximum absolute atomic E-state index is 11.1. The molecule has 0 saturated carbocycles. The average molecular weight is 434 g/mol. The minimum atomic E-state index is -0.964. The van der Waals surface area contributed by atoms with E-state index in [1.807, 2.05) is 44.2 Å². The van der Waals surface area contributed by atoms with Crippen LogP contribution < -0.4 is 10.6 Å². The molecule has 0 amide bonds. The van der Waals surface area contributed by atoms with E-state index >= 15 is 0 Å². The first kappa shape index (κ1) is 21.3. The minimum Gasteiger partial charge on any atom is -0.480 e. The third-order valence-electron chi connectivity index (χ3n) is 4.01. The van der Waals surface area contributed by atoms with Crippen LogP contribution in [0.15, 0.2) is 35.5 Å². The van der Waals surface area contributed by atoms with E-state index in [0.29, 0.717) is 32.2 Å². The number of nitrogens with zero attached hydrogens (tertiary/aromatic N) is 3. The number of fused-ring (bicyclic) bond motifs is 1. The van der Waals surface area contributed by atoms with Gasteiger partial charge in [-0.1, -0.05) is 53.4 Å².